The van der Waals surface area contributed by atoms with Crippen molar-refractivity contribution in [3.05, 3.63) is 46.7 Å². The number of benzene rings is 2. The highest BCUT2D eigenvalue weighted by Crippen LogP contribution is 2.37. The fraction of sp³-hybridized carbons (Fsp3) is 0.400. The Balaban J connectivity index is 1.84. The molecular formula is C20H24BrFN2O. The number of hydrogen-bond donors (Lipinski definition) is 1. The highest BCUT2D eigenvalue weighted by atomic mass is 79.9. The highest BCUT2D eigenvalue weighted by molar-refractivity contribution is 9.10. The molecule has 3 rings (SSSR count). The summed E-state index contributed by atoms with van der Waals surface area (Å²) in [6.45, 7) is 10.7. The predicted octanol–water partition coefficient (Wildman–Crippen LogP) is 4.88. The summed E-state index contributed by atoms with van der Waals surface area (Å²) < 4.78 is 14.1. The molecule has 0 bridgehead atoms. The molecule has 0 saturated carbocycles. The molecule has 2 aromatic rings. The molecule has 25 heavy (non-hydrogen) atoms. The van der Waals surface area contributed by atoms with Gasteiger partial charge in [0.15, 0.2) is 0 Å². The summed E-state index contributed by atoms with van der Waals surface area (Å²) in [5.74, 6) is -0.306. The second-order valence-electron chi connectivity index (χ2n) is 7.48. The van der Waals surface area contributed by atoms with Crippen LogP contribution >= 0.6 is 15.9 Å². The molecule has 0 amide bonds. The lowest BCUT2D eigenvalue weighted by Crippen LogP contribution is -2.53. The van der Waals surface area contributed by atoms with Gasteiger partial charge in [-0.05, 0) is 66.5 Å². The molecule has 2 aromatic carbocycles. The van der Waals surface area contributed by atoms with Crippen LogP contribution in [0, 0.1) is 5.82 Å². The van der Waals surface area contributed by atoms with Crippen molar-refractivity contribution in [1.82, 2.24) is 4.90 Å². The second-order valence-corrected chi connectivity index (χ2v) is 8.33. The number of piperazine rings is 1. The van der Waals surface area contributed by atoms with E-state index in [-0.39, 0.29) is 17.1 Å². The molecule has 0 atom stereocenters. The van der Waals surface area contributed by atoms with Crippen molar-refractivity contribution in [3.8, 4) is 16.9 Å². The van der Waals surface area contributed by atoms with Gasteiger partial charge >= 0.3 is 0 Å². The molecule has 0 radical (unpaired) electrons. The monoisotopic (exact) mass is 406 g/mol. The number of hydrogen-bond acceptors (Lipinski definition) is 3. The number of phenolic OH excluding ortho intramolecular Hbond substituents is 1. The number of rotatable bonds is 2. The van der Waals surface area contributed by atoms with Gasteiger partial charge in [0.25, 0.3) is 0 Å². The molecule has 0 aromatic heterocycles. The van der Waals surface area contributed by atoms with E-state index < -0.39 is 0 Å². The normalized spacial score (nSPS) is 16.3. The van der Waals surface area contributed by atoms with Crippen molar-refractivity contribution in [1.29, 1.82) is 0 Å². The Labute approximate surface area is 157 Å². The first-order chi connectivity index (χ1) is 11.8. The van der Waals surface area contributed by atoms with Crippen molar-refractivity contribution in [3.63, 3.8) is 0 Å². The molecule has 5 heteroatoms. The third kappa shape index (κ3) is 3.98. The van der Waals surface area contributed by atoms with Crippen molar-refractivity contribution in [2.45, 2.75) is 26.3 Å². The van der Waals surface area contributed by atoms with E-state index in [1.54, 1.807) is 0 Å². The fourth-order valence-corrected chi connectivity index (χ4v) is 3.72. The van der Waals surface area contributed by atoms with E-state index >= 15 is 0 Å². The van der Waals surface area contributed by atoms with E-state index in [4.69, 9.17) is 0 Å². The van der Waals surface area contributed by atoms with Gasteiger partial charge in [-0.25, -0.2) is 4.39 Å². The Morgan fingerprint density at radius 3 is 2.36 bits per heavy atom. The summed E-state index contributed by atoms with van der Waals surface area (Å²) in [5, 5.41) is 10.3. The first-order valence-corrected chi connectivity index (χ1v) is 9.33. The smallest absolute Gasteiger partial charge is 0.137 e. The Morgan fingerprint density at radius 1 is 1.04 bits per heavy atom. The van der Waals surface area contributed by atoms with Gasteiger partial charge in [0, 0.05) is 43.0 Å². The average Bonchev–Trinajstić information content (AvgIpc) is 2.57. The summed E-state index contributed by atoms with van der Waals surface area (Å²) in [6, 6.07) is 10.6. The lowest BCUT2D eigenvalue weighted by Gasteiger charge is -2.43. The Kier molecular flexibility index (Phi) is 5.07. The van der Waals surface area contributed by atoms with Crippen LogP contribution in [0.2, 0.25) is 0 Å². The van der Waals surface area contributed by atoms with Crippen molar-refractivity contribution < 1.29 is 9.50 Å². The number of nitrogens with zero attached hydrogens (tertiary/aromatic N) is 2. The summed E-state index contributed by atoms with van der Waals surface area (Å²) >= 11 is 3.21. The van der Waals surface area contributed by atoms with E-state index in [2.05, 4.69) is 52.6 Å². The van der Waals surface area contributed by atoms with E-state index in [0.717, 1.165) is 37.4 Å². The molecule has 0 unspecified atom stereocenters. The molecule has 0 spiro atoms. The molecule has 1 saturated heterocycles. The van der Waals surface area contributed by atoms with Gasteiger partial charge in [-0.1, -0.05) is 12.1 Å². The van der Waals surface area contributed by atoms with Crippen LogP contribution in [0.4, 0.5) is 10.1 Å². The summed E-state index contributed by atoms with van der Waals surface area (Å²) in [7, 11) is 0. The summed E-state index contributed by atoms with van der Waals surface area (Å²) in [6.07, 6.45) is 0. The zero-order chi connectivity index (χ0) is 18.2. The highest BCUT2D eigenvalue weighted by Gasteiger charge is 2.26. The van der Waals surface area contributed by atoms with Crippen LogP contribution in [0.25, 0.3) is 11.1 Å². The molecule has 1 N–H and O–H groups in total. The third-order valence-electron chi connectivity index (χ3n) is 4.78. The third-order valence-corrected chi connectivity index (χ3v) is 5.38. The SMILES string of the molecule is CC(C)(C)N1CCN(c2cccc(-c3cc(F)cc(Br)c3O)c2)CC1. The van der Waals surface area contributed by atoms with Gasteiger partial charge in [0.05, 0.1) is 4.47 Å². The lowest BCUT2D eigenvalue weighted by molar-refractivity contribution is 0.128. The van der Waals surface area contributed by atoms with E-state index in [0.29, 0.717) is 10.0 Å². The maximum atomic E-state index is 13.7. The van der Waals surface area contributed by atoms with Gasteiger partial charge in [-0.3, -0.25) is 4.90 Å². The minimum absolute atomic E-state index is 0.0658. The molecule has 1 heterocycles. The van der Waals surface area contributed by atoms with Crippen LogP contribution < -0.4 is 4.90 Å². The predicted molar refractivity (Wildman–Crippen MR) is 105 cm³/mol. The molecule has 134 valence electrons. The Bertz CT molecular complexity index is 765. The number of phenols is 1. The number of anilines is 1. The Morgan fingerprint density at radius 2 is 1.72 bits per heavy atom. The van der Waals surface area contributed by atoms with E-state index in [1.165, 1.54) is 12.1 Å². The zero-order valence-electron chi connectivity index (χ0n) is 14.9. The largest absolute Gasteiger partial charge is 0.506 e. The maximum absolute atomic E-state index is 13.7. The average molecular weight is 407 g/mol. The topological polar surface area (TPSA) is 26.7 Å². The quantitative estimate of drug-likeness (QED) is 0.769. The standard InChI is InChI=1S/C20H24BrFN2O/c1-20(2,3)24-9-7-23(8-10-24)16-6-4-5-14(11-16)17-12-15(22)13-18(21)19(17)25/h4-6,11-13,25H,7-10H2,1-3H3. The minimum Gasteiger partial charge on any atom is -0.506 e. The number of aromatic hydroxyl groups is 1. The molecule has 1 aliphatic heterocycles. The number of halogens is 2. The van der Waals surface area contributed by atoms with Crippen LogP contribution in [0.15, 0.2) is 40.9 Å². The van der Waals surface area contributed by atoms with Crippen LogP contribution in [-0.4, -0.2) is 41.7 Å². The van der Waals surface area contributed by atoms with Gasteiger partial charge in [-0.15, -0.1) is 0 Å². The summed E-state index contributed by atoms with van der Waals surface area (Å²) in [5.41, 5.74) is 2.61. The second kappa shape index (κ2) is 6.96. The Hall–Kier alpha value is -1.59. The molecular weight excluding hydrogens is 383 g/mol. The van der Waals surface area contributed by atoms with Crippen LogP contribution in [0.1, 0.15) is 20.8 Å². The molecule has 1 fully saturated rings. The van der Waals surface area contributed by atoms with Crippen LogP contribution in [-0.2, 0) is 0 Å². The zero-order valence-corrected chi connectivity index (χ0v) is 16.5. The first-order valence-electron chi connectivity index (χ1n) is 8.54. The van der Waals surface area contributed by atoms with Crippen molar-refractivity contribution in [2.75, 3.05) is 31.1 Å². The first kappa shape index (κ1) is 18.2. The summed E-state index contributed by atoms with van der Waals surface area (Å²) in [4.78, 5) is 4.83. The van der Waals surface area contributed by atoms with Gasteiger partial charge in [0.1, 0.15) is 11.6 Å². The van der Waals surface area contributed by atoms with Crippen molar-refractivity contribution >= 4 is 21.6 Å². The molecule has 0 aliphatic carbocycles. The van der Waals surface area contributed by atoms with E-state index in [1.807, 2.05) is 18.2 Å². The van der Waals surface area contributed by atoms with Gasteiger partial charge in [0.2, 0.25) is 0 Å². The van der Waals surface area contributed by atoms with Crippen molar-refractivity contribution in [2.24, 2.45) is 0 Å². The fourth-order valence-electron chi connectivity index (χ4n) is 3.29. The maximum Gasteiger partial charge on any atom is 0.137 e. The lowest BCUT2D eigenvalue weighted by atomic mass is 10.0. The molecule has 1 aliphatic rings. The van der Waals surface area contributed by atoms with Crippen LogP contribution in [0.5, 0.6) is 5.75 Å². The minimum atomic E-state index is -0.371. The van der Waals surface area contributed by atoms with Gasteiger partial charge < -0.3 is 10.0 Å². The molecule has 3 nitrogen and oxygen atoms in total. The van der Waals surface area contributed by atoms with Gasteiger partial charge in [-0.2, -0.15) is 0 Å². The van der Waals surface area contributed by atoms with E-state index in [9.17, 15) is 9.50 Å². The van der Waals surface area contributed by atoms with Crippen LogP contribution in [0.3, 0.4) is 0 Å².